The summed E-state index contributed by atoms with van der Waals surface area (Å²) in [6.07, 6.45) is 7.27. The van der Waals surface area contributed by atoms with Crippen LogP contribution in [0.4, 0.5) is 5.95 Å². The van der Waals surface area contributed by atoms with Crippen molar-refractivity contribution in [2.24, 2.45) is 0 Å². The molecule has 0 unspecified atom stereocenters. The van der Waals surface area contributed by atoms with Crippen LogP contribution >= 0.6 is 0 Å². The second-order valence-corrected chi connectivity index (χ2v) is 6.44. The Morgan fingerprint density at radius 1 is 0.846 bits per heavy atom. The third-order valence-corrected chi connectivity index (χ3v) is 4.39. The predicted molar refractivity (Wildman–Crippen MR) is 106 cm³/mol. The molecule has 3 aromatic rings. The van der Waals surface area contributed by atoms with Crippen molar-refractivity contribution < 1.29 is 4.74 Å². The Balaban J connectivity index is 1.70. The minimum atomic E-state index is 0.181. The van der Waals surface area contributed by atoms with Gasteiger partial charge in [-0.05, 0) is 17.2 Å². The lowest BCUT2D eigenvalue weighted by atomic mass is 10.0. The number of anilines is 1. The van der Waals surface area contributed by atoms with Crippen LogP contribution in [-0.4, -0.2) is 21.6 Å². The van der Waals surface area contributed by atoms with Crippen LogP contribution in [0.2, 0.25) is 0 Å². The molecule has 0 saturated carbocycles. The first-order chi connectivity index (χ1) is 12.8. The second-order valence-electron chi connectivity index (χ2n) is 6.44. The normalized spacial score (nSPS) is 11.0. The molecule has 0 fully saturated rings. The van der Waals surface area contributed by atoms with Crippen molar-refractivity contribution in [3.8, 4) is 17.4 Å². The van der Waals surface area contributed by atoms with E-state index in [1.807, 2.05) is 24.3 Å². The summed E-state index contributed by atoms with van der Waals surface area (Å²) in [7, 11) is 0. The number of hydrogen-bond donors (Lipinski definition) is 1. The standard InChI is InChI=1S/C21H26N4O/c1-2-3-4-5-6-9-15-26-21-24-19(23-20(22)25-21)18-14-10-12-16-11-7-8-13-17(16)18/h7-8,10-14H,2-6,9,15H2,1H3,(H2,22,23,24,25). The summed E-state index contributed by atoms with van der Waals surface area (Å²) in [5.74, 6) is 0.730. The molecule has 2 N–H and O–H groups in total. The average Bonchev–Trinajstić information content (AvgIpc) is 2.66. The molecule has 0 saturated heterocycles. The molecule has 26 heavy (non-hydrogen) atoms. The molecule has 0 spiro atoms. The SMILES string of the molecule is CCCCCCCCOc1nc(N)nc(-c2cccc3ccccc23)n1. The summed E-state index contributed by atoms with van der Waals surface area (Å²) >= 11 is 0. The number of fused-ring (bicyclic) bond motifs is 1. The number of nitrogens with two attached hydrogens (primary N) is 1. The molecule has 136 valence electrons. The molecule has 0 bridgehead atoms. The number of nitrogen functional groups attached to an aromatic ring is 1. The van der Waals surface area contributed by atoms with Crippen molar-refractivity contribution in [2.45, 2.75) is 45.4 Å². The summed E-state index contributed by atoms with van der Waals surface area (Å²) in [5.41, 5.74) is 6.82. The predicted octanol–water partition coefficient (Wildman–Crippen LogP) is 5.01. The zero-order valence-electron chi connectivity index (χ0n) is 15.3. The van der Waals surface area contributed by atoms with Crippen LogP contribution in [0, 0.1) is 0 Å². The molecule has 0 atom stereocenters. The molecule has 5 nitrogen and oxygen atoms in total. The van der Waals surface area contributed by atoms with Crippen LogP contribution < -0.4 is 10.5 Å². The minimum absolute atomic E-state index is 0.181. The fourth-order valence-electron chi connectivity index (χ4n) is 3.02. The fourth-order valence-corrected chi connectivity index (χ4v) is 3.02. The van der Waals surface area contributed by atoms with Crippen molar-refractivity contribution in [3.63, 3.8) is 0 Å². The van der Waals surface area contributed by atoms with Gasteiger partial charge in [0, 0.05) is 5.56 Å². The van der Waals surface area contributed by atoms with Gasteiger partial charge >= 0.3 is 6.01 Å². The topological polar surface area (TPSA) is 73.9 Å². The van der Waals surface area contributed by atoms with Gasteiger partial charge in [-0.1, -0.05) is 81.5 Å². The van der Waals surface area contributed by atoms with Gasteiger partial charge in [0.05, 0.1) is 6.61 Å². The molecule has 0 aliphatic rings. The minimum Gasteiger partial charge on any atom is -0.463 e. The highest BCUT2D eigenvalue weighted by Crippen LogP contribution is 2.27. The van der Waals surface area contributed by atoms with Crippen LogP contribution in [-0.2, 0) is 0 Å². The number of nitrogens with zero attached hydrogens (tertiary/aromatic N) is 3. The largest absolute Gasteiger partial charge is 0.463 e. The highest BCUT2D eigenvalue weighted by Gasteiger charge is 2.10. The van der Waals surface area contributed by atoms with Crippen LogP contribution in [0.15, 0.2) is 42.5 Å². The van der Waals surface area contributed by atoms with E-state index in [2.05, 4.69) is 40.1 Å². The molecule has 2 aromatic carbocycles. The van der Waals surface area contributed by atoms with E-state index >= 15 is 0 Å². The average molecular weight is 350 g/mol. The van der Waals surface area contributed by atoms with E-state index < -0.39 is 0 Å². The molecular formula is C21H26N4O. The molecule has 0 aliphatic carbocycles. The summed E-state index contributed by atoms with van der Waals surface area (Å²) in [4.78, 5) is 12.9. The summed E-state index contributed by atoms with van der Waals surface area (Å²) in [6, 6.07) is 14.5. The van der Waals surface area contributed by atoms with Crippen molar-refractivity contribution in [2.75, 3.05) is 12.3 Å². The Labute approximate surface area is 154 Å². The van der Waals surface area contributed by atoms with Crippen LogP contribution in [0.1, 0.15) is 45.4 Å². The molecule has 1 aromatic heterocycles. The molecule has 3 rings (SSSR count). The van der Waals surface area contributed by atoms with E-state index in [0.29, 0.717) is 18.4 Å². The molecule has 0 amide bonds. The molecule has 0 aliphatic heterocycles. The van der Waals surface area contributed by atoms with Gasteiger partial charge < -0.3 is 10.5 Å². The van der Waals surface area contributed by atoms with Crippen molar-refractivity contribution in [3.05, 3.63) is 42.5 Å². The summed E-state index contributed by atoms with van der Waals surface area (Å²) in [6.45, 7) is 2.83. The Hall–Kier alpha value is -2.69. The van der Waals surface area contributed by atoms with Crippen molar-refractivity contribution >= 4 is 16.7 Å². The second kappa shape index (κ2) is 9.13. The third-order valence-electron chi connectivity index (χ3n) is 4.39. The quantitative estimate of drug-likeness (QED) is 0.549. The van der Waals surface area contributed by atoms with Gasteiger partial charge in [0.2, 0.25) is 5.95 Å². The van der Waals surface area contributed by atoms with Gasteiger partial charge in [0.15, 0.2) is 5.82 Å². The first kappa shape index (κ1) is 18.1. The zero-order valence-corrected chi connectivity index (χ0v) is 15.3. The first-order valence-electron chi connectivity index (χ1n) is 9.40. The zero-order chi connectivity index (χ0) is 18.2. The van der Waals surface area contributed by atoms with Crippen LogP contribution in [0.3, 0.4) is 0 Å². The third kappa shape index (κ3) is 4.69. The maximum absolute atomic E-state index is 5.88. The van der Waals surface area contributed by atoms with Gasteiger partial charge in [0.25, 0.3) is 0 Å². The Kier molecular flexibility index (Phi) is 6.36. The van der Waals surface area contributed by atoms with Gasteiger partial charge in [-0.25, -0.2) is 0 Å². The highest BCUT2D eigenvalue weighted by molar-refractivity contribution is 5.95. The Bertz CT molecular complexity index is 845. The van der Waals surface area contributed by atoms with E-state index in [1.54, 1.807) is 0 Å². The van der Waals surface area contributed by atoms with Crippen LogP contribution in [0.5, 0.6) is 6.01 Å². The molecular weight excluding hydrogens is 324 g/mol. The number of benzene rings is 2. The Morgan fingerprint density at radius 3 is 2.50 bits per heavy atom. The van der Waals surface area contributed by atoms with Gasteiger partial charge in [0.1, 0.15) is 0 Å². The Morgan fingerprint density at radius 2 is 1.62 bits per heavy atom. The maximum atomic E-state index is 5.88. The molecule has 5 heteroatoms. The molecule has 1 heterocycles. The summed E-state index contributed by atoms with van der Waals surface area (Å²) < 4.78 is 5.73. The number of ether oxygens (including phenoxy) is 1. The van der Waals surface area contributed by atoms with Gasteiger partial charge in [-0.3, -0.25) is 0 Å². The van der Waals surface area contributed by atoms with E-state index in [-0.39, 0.29) is 5.95 Å². The number of aromatic nitrogens is 3. The first-order valence-corrected chi connectivity index (χ1v) is 9.40. The van der Waals surface area contributed by atoms with E-state index in [0.717, 1.165) is 29.2 Å². The lowest BCUT2D eigenvalue weighted by Gasteiger charge is -2.09. The molecule has 0 radical (unpaired) electrons. The fraction of sp³-hybridized carbons (Fsp3) is 0.381. The van der Waals surface area contributed by atoms with Crippen LogP contribution in [0.25, 0.3) is 22.2 Å². The lowest BCUT2D eigenvalue weighted by molar-refractivity contribution is 0.281. The van der Waals surface area contributed by atoms with E-state index in [9.17, 15) is 0 Å². The smallest absolute Gasteiger partial charge is 0.321 e. The van der Waals surface area contributed by atoms with Gasteiger partial charge in [-0.2, -0.15) is 15.0 Å². The number of rotatable bonds is 9. The van der Waals surface area contributed by atoms with E-state index in [4.69, 9.17) is 10.5 Å². The van der Waals surface area contributed by atoms with Gasteiger partial charge in [-0.15, -0.1) is 0 Å². The monoisotopic (exact) mass is 350 g/mol. The highest BCUT2D eigenvalue weighted by atomic mass is 16.5. The van der Waals surface area contributed by atoms with E-state index in [1.165, 1.54) is 25.7 Å². The number of unbranched alkanes of at least 4 members (excludes halogenated alkanes) is 5. The van der Waals surface area contributed by atoms with Crippen molar-refractivity contribution in [1.82, 2.24) is 15.0 Å². The number of hydrogen-bond acceptors (Lipinski definition) is 5. The lowest BCUT2D eigenvalue weighted by Crippen LogP contribution is -2.06. The van der Waals surface area contributed by atoms with Crippen molar-refractivity contribution in [1.29, 1.82) is 0 Å². The maximum Gasteiger partial charge on any atom is 0.321 e. The summed E-state index contributed by atoms with van der Waals surface area (Å²) in [5, 5.41) is 2.22.